The fraction of sp³-hybridized carbons (Fsp3) is 0.750. The molecule has 0 aliphatic carbocycles. The fourth-order valence-corrected chi connectivity index (χ4v) is 1.28. The topological polar surface area (TPSA) is 15.6 Å². The van der Waals surface area contributed by atoms with Crippen molar-refractivity contribution in [3.05, 3.63) is 12.2 Å². The van der Waals surface area contributed by atoms with Crippen LogP contribution in [0.15, 0.2) is 17.1 Å². The minimum atomic E-state index is -0.0309. The molecule has 2 nitrogen and oxygen atoms in total. The Hall–Kier alpha value is -0.790. The van der Waals surface area contributed by atoms with Crippen LogP contribution in [0.2, 0.25) is 0 Å². The third-order valence-corrected chi connectivity index (χ3v) is 1.89. The molecule has 0 aromatic heterocycles. The Balaban J connectivity index is 4.94. The third-order valence-electron chi connectivity index (χ3n) is 1.89. The summed E-state index contributed by atoms with van der Waals surface area (Å²) in [6.07, 6.45) is 0. The second kappa shape index (κ2) is 5.18. The van der Waals surface area contributed by atoms with Crippen LogP contribution >= 0.6 is 0 Å². The predicted molar refractivity (Wildman–Crippen MR) is 64.9 cm³/mol. The van der Waals surface area contributed by atoms with Gasteiger partial charge in [0.25, 0.3) is 0 Å². The van der Waals surface area contributed by atoms with Gasteiger partial charge in [0, 0.05) is 13.1 Å². The molecule has 0 spiro atoms. The summed E-state index contributed by atoms with van der Waals surface area (Å²) in [5.74, 6) is 1.04. The van der Waals surface area contributed by atoms with Crippen LogP contribution < -0.4 is 0 Å². The zero-order valence-electron chi connectivity index (χ0n) is 10.5. The summed E-state index contributed by atoms with van der Waals surface area (Å²) in [6.45, 7) is 18.6. The molecule has 0 rings (SSSR count). The van der Waals surface area contributed by atoms with E-state index in [1.165, 1.54) is 0 Å². The van der Waals surface area contributed by atoms with Gasteiger partial charge in [0.05, 0.1) is 5.54 Å². The molecule has 82 valence electrons. The lowest BCUT2D eigenvalue weighted by Crippen LogP contribution is -2.33. The summed E-state index contributed by atoms with van der Waals surface area (Å²) in [6, 6.07) is 0. The molecule has 0 saturated carbocycles. The van der Waals surface area contributed by atoms with Crippen LogP contribution in [0.5, 0.6) is 0 Å². The molecular weight excluding hydrogens is 172 g/mol. The van der Waals surface area contributed by atoms with E-state index in [0.29, 0.717) is 0 Å². The second-order valence-electron chi connectivity index (χ2n) is 4.56. The minimum Gasteiger partial charge on any atom is -0.357 e. The Bertz CT molecular complexity index is 217. The van der Waals surface area contributed by atoms with Crippen LogP contribution in [0, 0.1) is 0 Å². The standard InChI is InChI=1S/C12H24N2/c1-8-14(9-2)11(10(3)4)13-12(5,6)7/h3,8-9H2,1-2,4-7H3. The smallest absolute Gasteiger partial charge is 0.126 e. The first kappa shape index (κ1) is 13.2. The Morgan fingerprint density at radius 3 is 1.86 bits per heavy atom. The molecule has 0 aliphatic rings. The molecule has 0 aromatic rings. The van der Waals surface area contributed by atoms with Crippen LogP contribution in [-0.2, 0) is 0 Å². The molecule has 0 bridgehead atoms. The van der Waals surface area contributed by atoms with Crippen molar-refractivity contribution in [3.63, 3.8) is 0 Å². The SMILES string of the molecule is C=C(C)C(=NC(C)(C)C)N(CC)CC. The van der Waals surface area contributed by atoms with Gasteiger partial charge >= 0.3 is 0 Å². The van der Waals surface area contributed by atoms with E-state index in [-0.39, 0.29) is 5.54 Å². The quantitative estimate of drug-likeness (QED) is 0.500. The highest BCUT2D eigenvalue weighted by atomic mass is 15.2. The number of nitrogens with zero attached hydrogens (tertiary/aromatic N) is 2. The van der Waals surface area contributed by atoms with Crippen LogP contribution in [-0.4, -0.2) is 29.4 Å². The van der Waals surface area contributed by atoms with Crippen LogP contribution in [0.1, 0.15) is 41.5 Å². The van der Waals surface area contributed by atoms with Gasteiger partial charge in [0.15, 0.2) is 0 Å². The van der Waals surface area contributed by atoms with Crippen molar-refractivity contribution in [1.82, 2.24) is 4.90 Å². The van der Waals surface area contributed by atoms with E-state index in [2.05, 4.69) is 46.1 Å². The van der Waals surface area contributed by atoms with E-state index < -0.39 is 0 Å². The second-order valence-corrected chi connectivity index (χ2v) is 4.56. The van der Waals surface area contributed by atoms with E-state index in [1.807, 2.05) is 6.92 Å². The summed E-state index contributed by atoms with van der Waals surface area (Å²) >= 11 is 0. The Morgan fingerprint density at radius 1 is 1.21 bits per heavy atom. The first-order valence-electron chi connectivity index (χ1n) is 5.32. The first-order chi connectivity index (χ1) is 6.31. The lowest BCUT2D eigenvalue weighted by atomic mass is 10.1. The lowest BCUT2D eigenvalue weighted by Gasteiger charge is -2.26. The van der Waals surface area contributed by atoms with Crippen LogP contribution in [0.25, 0.3) is 0 Å². The van der Waals surface area contributed by atoms with Gasteiger partial charge in [-0.05, 0) is 47.1 Å². The van der Waals surface area contributed by atoms with Gasteiger partial charge in [0.2, 0.25) is 0 Å². The van der Waals surface area contributed by atoms with Gasteiger partial charge in [0.1, 0.15) is 5.84 Å². The van der Waals surface area contributed by atoms with Crippen LogP contribution in [0.3, 0.4) is 0 Å². The lowest BCUT2D eigenvalue weighted by molar-refractivity contribution is 0.451. The molecule has 0 radical (unpaired) electrons. The highest BCUT2D eigenvalue weighted by molar-refractivity contribution is 5.97. The van der Waals surface area contributed by atoms with Crippen molar-refractivity contribution in [2.24, 2.45) is 4.99 Å². The maximum atomic E-state index is 4.69. The average Bonchev–Trinajstić information content (AvgIpc) is 2.02. The maximum absolute atomic E-state index is 4.69. The number of likely N-dealkylation sites (N-methyl/N-ethyl adjacent to an activating group) is 1. The zero-order chi connectivity index (χ0) is 11.4. The molecule has 0 fully saturated rings. The summed E-state index contributed by atoms with van der Waals surface area (Å²) in [5, 5.41) is 0. The molecular formula is C12H24N2. The third kappa shape index (κ3) is 4.45. The number of aliphatic imine (C=N–C) groups is 1. The van der Waals surface area contributed by atoms with Crippen molar-refractivity contribution in [1.29, 1.82) is 0 Å². The predicted octanol–water partition coefficient (Wildman–Crippen LogP) is 3.10. The van der Waals surface area contributed by atoms with Gasteiger partial charge in [-0.2, -0.15) is 0 Å². The molecule has 0 amide bonds. The normalized spacial score (nSPS) is 12.9. The van der Waals surface area contributed by atoms with Crippen molar-refractivity contribution in [3.8, 4) is 0 Å². The first-order valence-corrected chi connectivity index (χ1v) is 5.32. The van der Waals surface area contributed by atoms with Crippen molar-refractivity contribution in [2.45, 2.75) is 47.1 Å². The van der Waals surface area contributed by atoms with Gasteiger partial charge in [-0.3, -0.25) is 4.99 Å². The fourth-order valence-electron chi connectivity index (χ4n) is 1.28. The molecule has 0 heterocycles. The molecule has 0 unspecified atom stereocenters. The molecule has 0 N–H and O–H groups in total. The number of hydrogen-bond donors (Lipinski definition) is 0. The molecule has 0 saturated heterocycles. The van der Waals surface area contributed by atoms with E-state index in [1.54, 1.807) is 0 Å². The van der Waals surface area contributed by atoms with Gasteiger partial charge in [-0.15, -0.1) is 0 Å². The Morgan fingerprint density at radius 2 is 1.64 bits per heavy atom. The van der Waals surface area contributed by atoms with Gasteiger partial charge in [-0.25, -0.2) is 0 Å². The van der Waals surface area contributed by atoms with Gasteiger partial charge < -0.3 is 4.90 Å². The van der Waals surface area contributed by atoms with E-state index in [0.717, 1.165) is 24.5 Å². The monoisotopic (exact) mass is 196 g/mol. The summed E-state index contributed by atoms with van der Waals surface area (Å²) in [7, 11) is 0. The van der Waals surface area contributed by atoms with Gasteiger partial charge in [-0.1, -0.05) is 6.58 Å². The Kier molecular flexibility index (Phi) is 4.89. The summed E-state index contributed by atoms with van der Waals surface area (Å²) < 4.78 is 0. The van der Waals surface area contributed by atoms with E-state index in [4.69, 9.17) is 4.99 Å². The molecule has 0 atom stereocenters. The highest BCUT2D eigenvalue weighted by Crippen LogP contribution is 2.11. The largest absolute Gasteiger partial charge is 0.357 e. The highest BCUT2D eigenvalue weighted by Gasteiger charge is 2.14. The number of amidine groups is 1. The summed E-state index contributed by atoms with van der Waals surface area (Å²) in [5.41, 5.74) is 1.01. The minimum absolute atomic E-state index is 0.0309. The number of hydrogen-bond acceptors (Lipinski definition) is 1. The van der Waals surface area contributed by atoms with Crippen molar-refractivity contribution < 1.29 is 0 Å². The van der Waals surface area contributed by atoms with Crippen molar-refractivity contribution >= 4 is 5.84 Å². The summed E-state index contributed by atoms with van der Waals surface area (Å²) in [4.78, 5) is 6.94. The number of rotatable bonds is 3. The van der Waals surface area contributed by atoms with Crippen LogP contribution in [0.4, 0.5) is 0 Å². The molecule has 0 aliphatic heterocycles. The molecule has 0 aromatic carbocycles. The average molecular weight is 196 g/mol. The van der Waals surface area contributed by atoms with E-state index in [9.17, 15) is 0 Å². The molecule has 2 heteroatoms. The van der Waals surface area contributed by atoms with E-state index >= 15 is 0 Å². The maximum Gasteiger partial charge on any atom is 0.126 e. The van der Waals surface area contributed by atoms with Crippen molar-refractivity contribution in [2.75, 3.05) is 13.1 Å². The molecule has 14 heavy (non-hydrogen) atoms. The zero-order valence-corrected chi connectivity index (χ0v) is 10.5. The Labute approximate surface area is 88.7 Å².